The molecule has 0 amide bonds. The zero-order valence-corrected chi connectivity index (χ0v) is 14.0. The van der Waals surface area contributed by atoms with E-state index in [-0.39, 0.29) is 0 Å². The number of nitriles is 1. The van der Waals surface area contributed by atoms with Gasteiger partial charge in [0.15, 0.2) is 0 Å². The lowest BCUT2D eigenvalue weighted by atomic mass is 10.0. The van der Waals surface area contributed by atoms with Crippen LogP contribution in [-0.4, -0.2) is 15.6 Å². The maximum Gasteiger partial charge on any atom is 0.326 e. The van der Waals surface area contributed by atoms with Gasteiger partial charge in [-0.05, 0) is 36.2 Å². The molecule has 1 heterocycles. The lowest BCUT2D eigenvalue weighted by Gasteiger charge is -2.16. The van der Waals surface area contributed by atoms with Gasteiger partial charge >= 0.3 is 5.97 Å². The number of carboxylic acid groups (broad SMARTS) is 1. The minimum absolute atomic E-state index is 0.395. The first kappa shape index (κ1) is 17.8. The van der Waals surface area contributed by atoms with E-state index in [1.165, 1.54) is 16.8 Å². The average molecular weight is 345 g/mol. The van der Waals surface area contributed by atoms with Gasteiger partial charge in [-0.15, -0.1) is 0 Å². The van der Waals surface area contributed by atoms with E-state index in [2.05, 4.69) is 6.07 Å². The van der Waals surface area contributed by atoms with Crippen molar-refractivity contribution in [2.75, 3.05) is 0 Å². The molecule has 0 saturated heterocycles. The summed E-state index contributed by atoms with van der Waals surface area (Å²) in [7, 11) is 0. The molecule has 0 aliphatic carbocycles. The molecule has 0 saturated carbocycles. The molecule has 6 heteroatoms. The van der Waals surface area contributed by atoms with Gasteiger partial charge in [-0.1, -0.05) is 31.4 Å². The highest BCUT2D eigenvalue weighted by atomic mass is 35.5. The number of carbonyl (C=O) groups is 1. The zero-order valence-electron chi connectivity index (χ0n) is 13.2. The molecule has 0 bridgehead atoms. The molecule has 2 aromatic rings. The Labute approximate surface area is 144 Å². The first-order chi connectivity index (χ1) is 11.5. The first-order valence-electron chi connectivity index (χ1n) is 7.63. The number of hydrogen-bond acceptors (Lipinski definition) is 3. The van der Waals surface area contributed by atoms with Gasteiger partial charge in [-0.2, -0.15) is 5.26 Å². The third kappa shape index (κ3) is 3.84. The van der Waals surface area contributed by atoms with Crippen molar-refractivity contribution in [3.8, 4) is 17.2 Å². The first-order valence-corrected chi connectivity index (χ1v) is 8.00. The Morgan fingerprint density at radius 2 is 2.12 bits per heavy atom. The van der Waals surface area contributed by atoms with Gasteiger partial charge in [-0.3, -0.25) is 4.79 Å². The lowest BCUT2D eigenvalue weighted by Crippen LogP contribution is -2.29. The summed E-state index contributed by atoms with van der Waals surface area (Å²) in [6.45, 7) is 1.97. The number of halogens is 1. The molecule has 0 aliphatic rings. The molecule has 1 unspecified atom stereocenters. The molecule has 124 valence electrons. The van der Waals surface area contributed by atoms with E-state index < -0.39 is 17.6 Å². The van der Waals surface area contributed by atoms with Gasteiger partial charge < -0.3 is 9.67 Å². The van der Waals surface area contributed by atoms with Gasteiger partial charge in [0.25, 0.3) is 5.56 Å². The van der Waals surface area contributed by atoms with Crippen molar-refractivity contribution in [2.45, 2.75) is 32.2 Å². The molecule has 2 rings (SSSR count). The second kappa shape index (κ2) is 7.80. The highest BCUT2D eigenvalue weighted by molar-refractivity contribution is 6.30. The van der Waals surface area contributed by atoms with Crippen LogP contribution >= 0.6 is 11.6 Å². The average Bonchev–Trinajstić information content (AvgIpc) is 2.56. The number of benzene rings is 1. The molecule has 1 atom stereocenters. The van der Waals surface area contributed by atoms with Crippen LogP contribution in [0.1, 0.15) is 37.8 Å². The van der Waals surface area contributed by atoms with E-state index >= 15 is 0 Å². The second-order valence-corrected chi connectivity index (χ2v) is 5.90. The van der Waals surface area contributed by atoms with E-state index in [9.17, 15) is 20.0 Å². The number of pyridine rings is 1. The summed E-state index contributed by atoms with van der Waals surface area (Å²) in [5, 5.41) is 19.0. The summed E-state index contributed by atoms with van der Waals surface area (Å²) < 4.78 is 1.22. The van der Waals surface area contributed by atoms with Gasteiger partial charge in [0.2, 0.25) is 0 Å². The predicted molar refractivity (Wildman–Crippen MR) is 92.1 cm³/mol. The summed E-state index contributed by atoms with van der Waals surface area (Å²) in [6, 6.07) is 8.96. The molecule has 0 fully saturated rings. The fraction of sp³-hybridized carbons (Fsp3) is 0.278. The molecular weight excluding hydrogens is 328 g/mol. The van der Waals surface area contributed by atoms with Crippen LogP contribution in [0.15, 0.2) is 41.3 Å². The van der Waals surface area contributed by atoms with Gasteiger partial charge in [0.1, 0.15) is 6.04 Å². The minimum Gasteiger partial charge on any atom is -0.480 e. The number of rotatable bonds is 6. The monoisotopic (exact) mass is 344 g/mol. The van der Waals surface area contributed by atoms with Crippen LogP contribution < -0.4 is 5.56 Å². The molecule has 0 aliphatic heterocycles. The highest BCUT2D eigenvalue weighted by Gasteiger charge is 2.20. The Morgan fingerprint density at radius 1 is 1.38 bits per heavy atom. The van der Waals surface area contributed by atoms with Crippen molar-refractivity contribution in [3.63, 3.8) is 0 Å². The van der Waals surface area contributed by atoms with Crippen molar-refractivity contribution in [2.24, 2.45) is 0 Å². The van der Waals surface area contributed by atoms with Gasteiger partial charge in [0, 0.05) is 22.8 Å². The molecule has 1 aromatic heterocycles. The van der Waals surface area contributed by atoms with Crippen molar-refractivity contribution in [1.29, 1.82) is 5.26 Å². The van der Waals surface area contributed by atoms with Crippen molar-refractivity contribution >= 4 is 17.6 Å². The topological polar surface area (TPSA) is 83.1 Å². The van der Waals surface area contributed by atoms with Crippen LogP contribution in [0.2, 0.25) is 5.02 Å². The summed E-state index contributed by atoms with van der Waals surface area (Å²) in [4.78, 5) is 23.8. The summed E-state index contributed by atoms with van der Waals surface area (Å²) in [6.07, 6.45) is 3.43. The van der Waals surface area contributed by atoms with E-state index in [0.717, 1.165) is 12.8 Å². The van der Waals surface area contributed by atoms with E-state index in [1.807, 2.05) is 6.92 Å². The van der Waals surface area contributed by atoms with Crippen LogP contribution in [-0.2, 0) is 4.79 Å². The van der Waals surface area contributed by atoms with Crippen LogP contribution in [0.3, 0.4) is 0 Å². The zero-order chi connectivity index (χ0) is 17.7. The van der Waals surface area contributed by atoms with E-state index in [0.29, 0.717) is 28.1 Å². The molecule has 5 nitrogen and oxygen atoms in total. The SMILES string of the molecule is CCCCC(C(=O)O)n1ccc(-c2cc(Cl)ccc2C#N)cc1=O. The van der Waals surface area contributed by atoms with E-state index in [1.54, 1.807) is 24.3 Å². The fourth-order valence-electron chi connectivity index (χ4n) is 2.55. The van der Waals surface area contributed by atoms with Crippen LogP contribution in [0, 0.1) is 11.3 Å². The quantitative estimate of drug-likeness (QED) is 0.862. The van der Waals surface area contributed by atoms with E-state index in [4.69, 9.17) is 11.6 Å². The molecule has 0 spiro atoms. The normalized spacial score (nSPS) is 11.7. The maximum absolute atomic E-state index is 12.4. The van der Waals surface area contributed by atoms with Gasteiger partial charge in [0.05, 0.1) is 11.6 Å². The molecular formula is C18H17ClN2O3. The third-order valence-corrected chi connectivity index (χ3v) is 4.05. The van der Waals surface area contributed by atoms with Crippen molar-refractivity contribution in [3.05, 3.63) is 57.5 Å². The fourth-order valence-corrected chi connectivity index (χ4v) is 2.72. The summed E-state index contributed by atoms with van der Waals surface area (Å²) >= 11 is 5.97. The summed E-state index contributed by atoms with van der Waals surface area (Å²) in [5.74, 6) is -1.03. The van der Waals surface area contributed by atoms with Crippen molar-refractivity contribution < 1.29 is 9.90 Å². The van der Waals surface area contributed by atoms with Gasteiger partial charge in [-0.25, -0.2) is 4.79 Å². The Hall–Kier alpha value is -2.58. The molecule has 24 heavy (non-hydrogen) atoms. The Morgan fingerprint density at radius 3 is 2.71 bits per heavy atom. The lowest BCUT2D eigenvalue weighted by molar-refractivity contribution is -0.141. The van der Waals surface area contributed by atoms with Crippen molar-refractivity contribution in [1.82, 2.24) is 4.57 Å². The maximum atomic E-state index is 12.4. The number of aliphatic carboxylic acids is 1. The third-order valence-electron chi connectivity index (χ3n) is 3.81. The number of aromatic nitrogens is 1. The number of nitrogens with zero attached hydrogens (tertiary/aromatic N) is 2. The standard InChI is InChI=1S/C18H17ClN2O3/c1-2-3-4-16(18(23)24)21-8-7-12(9-17(21)22)15-10-14(19)6-5-13(15)11-20/h5-10,16H,2-4H2,1H3,(H,23,24). The minimum atomic E-state index is -1.03. The Kier molecular flexibility index (Phi) is 5.78. The Balaban J connectivity index is 2.47. The molecule has 1 N–H and O–H groups in total. The number of unbranched alkanes of at least 4 members (excludes halogenated alkanes) is 1. The largest absolute Gasteiger partial charge is 0.480 e. The highest BCUT2D eigenvalue weighted by Crippen LogP contribution is 2.26. The summed E-state index contributed by atoms with van der Waals surface area (Å²) in [5.41, 5.74) is 1.07. The van der Waals surface area contributed by atoms with Crippen LogP contribution in [0.4, 0.5) is 0 Å². The number of hydrogen-bond donors (Lipinski definition) is 1. The molecule has 0 radical (unpaired) electrons. The Bertz CT molecular complexity index is 852. The number of carboxylic acids is 1. The predicted octanol–water partition coefficient (Wildman–Crippen LogP) is 3.86. The smallest absolute Gasteiger partial charge is 0.326 e. The molecule has 1 aromatic carbocycles. The second-order valence-electron chi connectivity index (χ2n) is 5.46. The van der Waals surface area contributed by atoms with Crippen LogP contribution in [0.25, 0.3) is 11.1 Å². The van der Waals surface area contributed by atoms with Crippen LogP contribution in [0.5, 0.6) is 0 Å².